The molecule has 0 aromatic heterocycles. The number of aliphatic imine (C=N–C) groups is 1. The van der Waals surface area contributed by atoms with Gasteiger partial charge in [0.05, 0.1) is 5.69 Å². The van der Waals surface area contributed by atoms with E-state index in [9.17, 15) is 0 Å². The molecule has 2 aromatic carbocycles. The van der Waals surface area contributed by atoms with Gasteiger partial charge in [-0.05, 0) is 41.6 Å². The summed E-state index contributed by atoms with van der Waals surface area (Å²) in [6, 6.07) is 15.4. The van der Waals surface area contributed by atoms with Crippen LogP contribution < -0.4 is 5.32 Å². The highest BCUT2D eigenvalue weighted by atomic mass is 35.5. The average molecular weight is 302 g/mol. The summed E-state index contributed by atoms with van der Waals surface area (Å²) >= 11 is 7.39. The van der Waals surface area contributed by atoms with Gasteiger partial charge in [0.1, 0.15) is 0 Å². The Hall–Kier alpha value is -1.96. The van der Waals surface area contributed by atoms with E-state index in [1.807, 2.05) is 61.0 Å². The number of halogens is 1. The molecule has 0 saturated carbocycles. The molecule has 2 rings (SSSR count). The van der Waals surface area contributed by atoms with E-state index in [2.05, 4.69) is 10.3 Å². The number of nitrogens with zero attached hydrogens (tertiary/aromatic N) is 2. The third-order valence-corrected chi connectivity index (χ3v) is 3.41. The first-order valence-electron chi connectivity index (χ1n) is 5.86. The van der Waals surface area contributed by atoms with Crippen LogP contribution in [0.25, 0.3) is 11.1 Å². The molecule has 100 valence electrons. The fourth-order valence-electron chi connectivity index (χ4n) is 1.71. The standard InChI is InChI=1S/C15H12ClN3S/c1-20-15(18-10-17)19-14-7-3-5-12(9-14)11-4-2-6-13(16)8-11/h2-9H,1H3,(H,18,19). The van der Waals surface area contributed by atoms with E-state index in [0.29, 0.717) is 10.2 Å². The monoisotopic (exact) mass is 301 g/mol. The van der Waals surface area contributed by atoms with Crippen molar-refractivity contribution in [3.8, 4) is 17.3 Å². The molecule has 0 aliphatic rings. The van der Waals surface area contributed by atoms with E-state index < -0.39 is 0 Å². The Bertz CT molecular complexity index is 677. The summed E-state index contributed by atoms with van der Waals surface area (Å²) < 4.78 is 0. The van der Waals surface area contributed by atoms with Crippen molar-refractivity contribution < 1.29 is 0 Å². The zero-order valence-electron chi connectivity index (χ0n) is 10.8. The van der Waals surface area contributed by atoms with Crippen LogP contribution >= 0.6 is 23.4 Å². The Balaban J connectivity index is 2.36. The van der Waals surface area contributed by atoms with Gasteiger partial charge in [0.15, 0.2) is 11.4 Å². The highest BCUT2D eigenvalue weighted by Gasteiger charge is 2.01. The van der Waals surface area contributed by atoms with Gasteiger partial charge in [0.2, 0.25) is 0 Å². The van der Waals surface area contributed by atoms with E-state index in [1.165, 1.54) is 11.8 Å². The minimum Gasteiger partial charge on any atom is -0.271 e. The first-order chi connectivity index (χ1) is 9.72. The van der Waals surface area contributed by atoms with Gasteiger partial charge in [-0.1, -0.05) is 47.6 Å². The van der Waals surface area contributed by atoms with Crippen molar-refractivity contribution >= 4 is 34.2 Å². The number of amidine groups is 1. The zero-order valence-corrected chi connectivity index (χ0v) is 12.4. The second kappa shape index (κ2) is 6.99. The Morgan fingerprint density at radius 1 is 1.20 bits per heavy atom. The van der Waals surface area contributed by atoms with E-state index in [0.717, 1.165) is 16.8 Å². The minimum atomic E-state index is 0.566. The summed E-state index contributed by atoms with van der Waals surface area (Å²) in [6.07, 6.45) is 3.74. The maximum Gasteiger partial charge on any atom is 0.183 e. The first-order valence-corrected chi connectivity index (χ1v) is 7.47. The lowest BCUT2D eigenvalue weighted by Gasteiger charge is -2.04. The van der Waals surface area contributed by atoms with Crippen LogP contribution in [-0.2, 0) is 0 Å². The SMILES string of the molecule is CSC(=Nc1cccc(-c2cccc(Cl)c2)c1)NC#N. The van der Waals surface area contributed by atoms with Crippen LogP contribution in [0, 0.1) is 11.5 Å². The fourth-order valence-corrected chi connectivity index (χ4v) is 2.25. The maximum absolute atomic E-state index is 8.64. The summed E-state index contributed by atoms with van der Waals surface area (Å²) in [5, 5.41) is 12.5. The van der Waals surface area contributed by atoms with Crippen molar-refractivity contribution in [3.05, 3.63) is 53.6 Å². The molecule has 0 atom stereocenters. The molecule has 0 saturated heterocycles. The van der Waals surface area contributed by atoms with Crippen molar-refractivity contribution in [2.24, 2.45) is 4.99 Å². The quantitative estimate of drug-likeness (QED) is 0.386. The summed E-state index contributed by atoms with van der Waals surface area (Å²) in [6.45, 7) is 0. The van der Waals surface area contributed by atoms with Gasteiger partial charge in [0, 0.05) is 5.02 Å². The fraction of sp³-hybridized carbons (Fsp3) is 0.0667. The molecule has 20 heavy (non-hydrogen) atoms. The zero-order chi connectivity index (χ0) is 14.4. The van der Waals surface area contributed by atoms with Crippen LogP contribution in [0.5, 0.6) is 0 Å². The third-order valence-electron chi connectivity index (χ3n) is 2.59. The van der Waals surface area contributed by atoms with Crippen LogP contribution in [0.1, 0.15) is 0 Å². The minimum absolute atomic E-state index is 0.566. The lowest BCUT2D eigenvalue weighted by Crippen LogP contribution is -2.12. The third kappa shape index (κ3) is 3.77. The highest BCUT2D eigenvalue weighted by molar-refractivity contribution is 8.13. The molecule has 2 aromatic rings. The molecule has 0 aliphatic heterocycles. The lowest BCUT2D eigenvalue weighted by atomic mass is 10.1. The predicted molar refractivity (Wildman–Crippen MR) is 86.2 cm³/mol. The van der Waals surface area contributed by atoms with Gasteiger partial charge < -0.3 is 0 Å². The summed E-state index contributed by atoms with van der Waals surface area (Å²) in [5.74, 6) is 0. The van der Waals surface area contributed by atoms with Crippen molar-refractivity contribution in [1.82, 2.24) is 5.32 Å². The number of hydrogen-bond acceptors (Lipinski definition) is 3. The van der Waals surface area contributed by atoms with Crippen molar-refractivity contribution in [1.29, 1.82) is 5.26 Å². The van der Waals surface area contributed by atoms with E-state index in [-0.39, 0.29) is 0 Å². The second-order valence-corrected chi connectivity index (χ2v) is 5.15. The number of nitrogens with one attached hydrogen (secondary N) is 1. The Kier molecular flexibility index (Phi) is 5.05. The van der Waals surface area contributed by atoms with Gasteiger partial charge in [-0.2, -0.15) is 5.26 Å². The molecular weight excluding hydrogens is 290 g/mol. The molecule has 0 bridgehead atoms. The summed E-state index contributed by atoms with van der Waals surface area (Å²) in [5.41, 5.74) is 2.86. The van der Waals surface area contributed by atoms with Crippen LogP contribution in [0.15, 0.2) is 53.5 Å². The first kappa shape index (κ1) is 14.4. The number of hydrogen-bond donors (Lipinski definition) is 1. The molecule has 0 radical (unpaired) electrons. The molecule has 0 spiro atoms. The van der Waals surface area contributed by atoms with Crippen LogP contribution in [0.3, 0.4) is 0 Å². The summed E-state index contributed by atoms with van der Waals surface area (Å²) in [7, 11) is 0. The maximum atomic E-state index is 8.64. The van der Waals surface area contributed by atoms with Crippen molar-refractivity contribution in [3.63, 3.8) is 0 Å². The Morgan fingerprint density at radius 3 is 2.55 bits per heavy atom. The molecule has 0 unspecified atom stereocenters. The van der Waals surface area contributed by atoms with Crippen LogP contribution in [0.4, 0.5) is 5.69 Å². The van der Waals surface area contributed by atoms with E-state index >= 15 is 0 Å². The van der Waals surface area contributed by atoms with Gasteiger partial charge in [-0.25, -0.2) is 4.99 Å². The van der Waals surface area contributed by atoms with E-state index in [4.69, 9.17) is 16.9 Å². The smallest absolute Gasteiger partial charge is 0.183 e. The second-order valence-electron chi connectivity index (χ2n) is 3.92. The molecule has 0 heterocycles. The number of nitriles is 1. The largest absolute Gasteiger partial charge is 0.271 e. The van der Waals surface area contributed by atoms with Crippen LogP contribution in [-0.4, -0.2) is 11.4 Å². The lowest BCUT2D eigenvalue weighted by molar-refractivity contribution is 1.28. The highest BCUT2D eigenvalue weighted by Crippen LogP contribution is 2.26. The summed E-state index contributed by atoms with van der Waals surface area (Å²) in [4.78, 5) is 4.39. The van der Waals surface area contributed by atoms with Gasteiger partial charge in [-0.3, -0.25) is 5.32 Å². The number of benzene rings is 2. The van der Waals surface area contributed by atoms with Gasteiger partial charge in [-0.15, -0.1) is 0 Å². The molecule has 0 aliphatic carbocycles. The molecule has 3 nitrogen and oxygen atoms in total. The number of thioether (sulfide) groups is 1. The molecule has 0 amide bonds. The van der Waals surface area contributed by atoms with Crippen LogP contribution in [0.2, 0.25) is 5.02 Å². The number of rotatable bonds is 2. The van der Waals surface area contributed by atoms with Gasteiger partial charge >= 0.3 is 0 Å². The van der Waals surface area contributed by atoms with Crippen molar-refractivity contribution in [2.45, 2.75) is 0 Å². The molecule has 5 heteroatoms. The normalized spacial score (nSPS) is 10.9. The topological polar surface area (TPSA) is 48.2 Å². The molecule has 0 fully saturated rings. The molecular formula is C15H12ClN3S. The predicted octanol–water partition coefficient (Wildman–Crippen LogP) is 4.43. The Morgan fingerprint density at radius 2 is 1.90 bits per heavy atom. The average Bonchev–Trinajstić information content (AvgIpc) is 2.47. The van der Waals surface area contributed by atoms with E-state index in [1.54, 1.807) is 0 Å². The molecule has 1 N–H and O–H groups in total. The Labute approximate surface area is 127 Å². The van der Waals surface area contributed by atoms with Crippen molar-refractivity contribution in [2.75, 3.05) is 6.26 Å². The van der Waals surface area contributed by atoms with Gasteiger partial charge in [0.25, 0.3) is 0 Å².